The van der Waals surface area contributed by atoms with Crippen molar-refractivity contribution in [3.05, 3.63) is 47.9 Å². The minimum Gasteiger partial charge on any atom is -0.380 e. The van der Waals surface area contributed by atoms with Crippen molar-refractivity contribution in [2.24, 2.45) is 0 Å². The van der Waals surface area contributed by atoms with Gasteiger partial charge in [-0.3, -0.25) is 0 Å². The van der Waals surface area contributed by atoms with E-state index < -0.39 is 26.1 Å². The van der Waals surface area contributed by atoms with Crippen LogP contribution < -0.4 is 10.2 Å². The zero-order valence-electron chi connectivity index (χ0n) is 15.4. The molecule has 1 atom stereocenters. The van der Waals surface area contributed by atoms with E-state index >= 15 is 0 Å². The number of anilines is 2. The largest absolute Gasteiger partial charge is 0.501 e. The predicted octanol–water partition coefficient (Wildman–Crippen LogP) is 3.35. The van der Waals surface area contributed by atoms with Crippen molar-refractivity contribution in [1.29, 1.82) is 0 Å². The Morgan fingerprint density at radius 2 is 2.03 bits per heavy atom. The molecule has 1 saturated heterocycles. The smallest absolute Gasteiger partial charge is 0.380 e. The molecule has 11 heteroatoms. The molecule has 2 heterocycles. The molecule has 1 aromatic heterocycles. The second-order valence-electron chi connectivity index (χ2n) is 6.60. The summed E-state index contributed by atoms with van der Waals surface area (Å²) in [4.78, 5) is 5.25. The first kappa shape index (κ1) is 21.3. The van der Waals surface area contributed by atoms with Crippen molar-refractivity contribution in [2.45, 2.75) is 30.0 Å². The third-order valence-electron chi connectivity index (χ3n) is 4.40. The molecule has 6 nitrogen and oxygen atoms in total. The number of nitrogens with zero attached hydrogens (tertiary/aromatic N) is 2. The lowest BCUT2D eigenvalue weighted by atomic mass is 10.2. The monoisotopic (exact) mass is 433 g/mol. The molecule has 29 heavy (non-hydrogen) atoms. The number of hydrogen-bond acceptors (Lipinski definition) is 6. The molecule has 1 aliphatic rings. The zero-order valence-corrected chi connectivity index (χ0v) is 16.2. The van der Waals surface area contributed by atoms with E-state index in [9.17, 15) is 26.0 Å². The van der Waals surface area contributed by atoms with Crippen molar-refractivity contribution < 1.29 is 30.7 Å². The van der Waals surface area contributed by atoms with Crippen molar-refractivity contribution in [3.8, 4) is 0 Å². The van der Waals surface area contributed by atoms with Crippen molar-refractivity contribution in [1.82, 2.24) is 4.98 Å². The van der Waals surface area contributed by atoms with Gasteiger partial charge < -0.3 is 15.0 Å². The van der Waals surface area contributed by atoms with Crippen LogP contribution in [0.15, 0.2) is 41.4 Å². The second kappa shape index (κ2) is 8.15. The van der Waals surface area contributed by atoms with Crippen LogP contribution in [0.5, 0.6) is 0 Å². The first-order valence-corrected chi connectivity index (χ1v) is 10.2. The first-order valence-electron chi connectivity index (χ1n) is 8.74. The van der Waals surface area contributed by atoms with Gasteiger partial charge in [0, 0.05) is 25.8 Å². The summed E-state index contributed by atoms with van der Waals surface area (Å²) in [7, 11) is -5.70. The van der Waals surface area contributed by atoms with E-state index in [0.29, 0.717) is 31.3 Å². The quantitative estimate of drug-likeness (QED) is 0.730. The van der Waals surface area contributed by atoms with Gasteiger partial charge in [0.2, 0.25) is 0 Å². The SMILES string of the molecule is CC1CN(c2ccc(CNc3ccc(F)cc3S(=O)(=O)C(F)(F)F)cn2)CCO1. The van der Waals surface area contributed by atoms with E-state index in [2.05, 4.69) is 15.2 Å². The van der Waals surface area contributed by atoms with Gasteiger partial charge in [0.25, 0.3) is 9.84 Å². The summed E-state index contributed by atoms with van der Waals surface area (Å²) in [5.41, 5.74) is -5.25. The molecule has 1 aromatic carbocycles. The highest BCUT2D eigenvalue weighted by Gasteiger charge is 2.48. The Hall–Kier alpha value is -2.40. The molecule has 1 aliphatic heterocycles. The van der Waals surface area contributed by atoms with Gasteiger partial charge in [-0.25, -0.2) is 17.8 Å². The number of alkyl halides is 3. The van der Waals surface area contributed by atoms with Crippen LogP contribution >= 0.6 is 0 Å². The molecule has 2 aromatic rings. The van der Waals surface area contributed by atoms with Gasteiger partial charge in [0.1, 0.15) is 16.5 Å². The first-order chi connectivity index (χ1) is 13.6. The summed E-state index contributed by atoms with van der Waals surface area (Å²) in [6.45, 7) is 3.95. The van der Waals surface area contributed by atoms with Crippen LogP contribution in [0.4, 0.5) is 29.1 Å². The molecule has 0 spiro atoms. The highest BCUT2D eigenvalue weighted by molar-refractivity contribution is 7.92. The lowest BCUT2D eigenvalue weighted by Gasteiger charge is -2.32. The normalized spacial score (nSPS) is 18.0. The Bertz CT molecular complexity index is 965. The minimum atomic E-state index is -5.70. The molecular formula is C18H19F4N3O3S. The van der Waals surface area contributed by atoms with Crippen LogP contribution in [0.2, 0.25) is 0 Å². The molecule has 0 amide bonds. The van der Waals surface area contributed by atoms with Crippen LogP contribution in [0, 0.1) is 5.82 Å². The van der Waals surface area contributed by atoms with E-state index in [-0.39, 0.29) is 18.3 Å². The van der Waals surface area contributed by atoms with Gasteiger partial charge in [-0.15, -0.1) is 0 Å². The number of halogens is 4. The van der Waals surface area contributed by atoms with Crippen LogP contribution in [0.3, 0.4) is 0 Å². The molecule has 0 bridgehead atoms. The third-order valence-corrected chi connectivity index (χ3v) is 5.92. The summed E-state index contributed by atoms with van der Waals surface area (Å²) < 4.78 is 81.0. The maximum absolute atomic E-state index is 13.4. The van der Waals surface area contributed by atoms with Crippen LogP contribution in [-0.4, -0.2) is 44.7 Å². The van der Waals surface area contributed by atoms with Crippen LogP contribution in [0.1, 0.15) is 12.5 Å². The summed E-state index contributed by atoms with van der Waals surface area (Å²) in [6.07, 6.45) is 1.63. The minimum absolute atomic E-state index is 0.0127. The van der Waals surface area contributed by atoms with Gasteiger partial charge >= 0.3 is 5.51 Å². The summed E-state index contributed by atoms with van der Waals surface area (Å²) in [6, 6.07) is 5.71. The molecule has 1 N–H and O–H groups in total. The third kappa shape index (κ3) is 4.78. The fraction of sp³-hybridized carbons (Fsp3) is 0.389. The molecule has 0 saturated carbocycles. The summed E-state index contributed by atoms with van der Waals surface area (Å²) >= 11 is 0. The van der Waals surface area contributed by atoms with Gasteiger partial charge in [-0.2, -0.15) is 13.2 Å². The number of morpholine rings is 1. The Morgan fingerprint density at radius 3 is 2.66 bits per heavy atom. The molecule has 1 fully saturated rings. The Balaban J connectivity index is 1.75. The van der Waals surface area contributed by atoms with E-state index in [0.717, 1.165) is 18.0 Å². The number of rotatable bonds is 5. The number of nitrogens with one attached hydrogen (secondary N) is 1. The lowest BCUT2D eigenvalue weighted by molar-refractivity contribution is -0.0435. The van der Waals surface area contributed by atoms with Crippen LogP contribution in [0.25, 0.3) is 0 Å². The molecule has 0 radical (unpaired) electrons. The Labute approximate surface area is 165 Å². The molecule has 0 aliphatic carbocycles. The second-order valence-corrected chi connectivity index (χ2v) is 8.50. The highest BCUT2D eigenvalue weighted by atomic mass is 32.2. The number of sulfone groups is 1. The van der Waals surface area contributed by atoms with Crippen LogP contribution in [-0.2, 0) is 21.1 Å². The molecular weight excluding hydrogens is 414 g/mol. The van der Waals surface area contributed by atoms with E-state index in [1.807, 2.05) is 6.92 Å². The fourth-order valence-electron chi connectivity index (χ4n) is 2.92. The molecule has 1 unspecified atom stereocenters. The van der Waals surface area contributed by atoms with Crippen molar-refractivity contribution in [3.63, 3.8) is 0 Å². The van der Waals surface area contributed by atoms with Gasteiger partial charge in [0.05, 0.1) is 18.4 Å². The van der Waals surface area contributed by atoms with E-state index in [1.165, 1.54) is 0 Å². The maximum atomic E-state index is 13.4. The average molecular weight is 433 g/mol. The van der Waals surface area contributed by atoms with E-state index in [4.69, 9.17) is 4.74 Å². The fourth-order valence-corrected chi connectivity index (χ4v) is 3.87. The Morgan fingerprint density at radius 1 is 1.28 bits per heavy atom. The molecule has 158 valence electrons. The van der Waals surface area contributed by atoms with Crippen molar-refractivity contribution in [2.75, 3.05) is 29.9 Å². The lowest BCUT2D eigenvalue weighted by Crippen LogP contribution is -2.41. The summed E-state index contributed by atoms with van der Waals surface area (Å²) in [5, 5.41) is 2.62. The number of ether oxygens (including phenoxy) is 1. The van der Waals surface area contributed by atoms with Gasteiger partial charge in [-0.1, -0.05) is 6.07 Å². The number of hydrogen-bond donors (Lipinski definition) is 1. The number of benzene rings is 1. The van der Waals surface area contributed by atoms with Gasteiger partial charge in [0.15, 0.2) is 0 Å². The van der Waals surface area contributed by atoms with Gasteiger partial charge in [-0.05, 0) is 36.8 Å². The number of pyridine rings is 1. The highest BCUT2D eigenvalue weighted by Crippen LogP contribution is 2.35. The molecule has 3 rings (SSSR count). The van der Waals surface area contributed by atoms with Crippen molar-refractivity contribution >= 4 is 21.3 Å². The maximum Gasteiger partial charge on any atom is 0.501 e. The predicted molar refractivity (Wildman–Crippen MR) is 98.8 cm³/mol. The number of aromatic nitrogens is 1. The zero-order chi connectivity index (χ0) is 21.2. The average Bonchev–Trinajstić information content (AvgIpc) is 2.66. The topological polar surface area (TPSA) is 71.5 Å². The standard InChI is InChI=1S/C18H19F4N3O3S/c1-12-11-25(6-7-28-12)17-5-2-13(10-24-17)9-23-15-4-3-14(19)8-16(15)29(26,27)18(20,21)22/h2-5,8,10,12,23H,6-7,9,11H2,1H3. The Kier molecular flexibility index (Phi) is 5.99. The van der Waals surface area contributed by atoms with E-state index in [1.54, 1.807) is 18.3 Å². The summed E-state index contributed by atoms with van der Waals surface area (Å²) in [5.74, 6) is -0.338.